The van der Waals surface area contributed by atoms with E-state index in [1.807, 2.05) is 0 Å². The van der Waals surface area contributed by atoms with Crippen molar-refractivity contribution in [1.82, 2.24) is 9.78 Å². The Morgan fingerprint density at radius 3 is 2.63 bits per heavy atom. The average molecular weight is 323 g/mol. The number of H-pyrrole nitrogens is 1. The van der Waals surface area contributed by atoms with E-state index in [1.165, 1.54) is 22.9 Å². The molecule has 2 aromatic rings. The van der Waals surface area contributed by atoms with Gasteiger partial charge in [0.25, 0.3) is 5.56 Å². The van der Waals surface area contributed by atoms with Crippen molar-refractivity contribution >= 4 is 35.2 Å². The van der Waals surface area contributed by atoms with E-state index in [-0.39, 0.29) is 10.6 Å². The van der Waals surface area contributed by atoms with Crippen LogP contribution in [0.1, 0.15) is 5.69 Å². The Morgan fingerprint density at radius 2 is 2.05 bits per heavy atom. The van der Waals surface area contributed by atoms with E-state index in [1.54, 1.807) is 6.92 Å². The van der Waals surface area contributed by atoms with Gasteiger partial charge in [-0.2, -0.15) is 0 Å². The maximum Gasteiger partial charge on any atom is 0.271 e. The third kappa shape index (κ3) is 3.14. The topological polar surface area (TPSA) is 76.5 Å². The summed E-state index contributed by atoms with van der Waals surface area (Å²) in [6, 6.07) is 4.44. The molecule has 102 valence electrons. The minimum Gasteiger partial charge on any atom is -0.295 e. The van der Waals surface area contributed by atoms with Crippen LogP contribution in [0, 0.1) is 6.92 Å². The second-order valence-corrected chi connectivity index (χ2v) is 5.13. The van der Waals surface area contributed by atoms with Crippen LogP contribution in [0.5, 0.6) is 0 Å². The third-order valence-corrected chi connectivity index (χ3v) is 3.62. The lowest BCUT2D eigenvalue weighted by atomic mass is 10.3. The molecule has 0 fully saturated rings. The first kappa shape index (κ1) is 14.4. The molecule has 0 unspecified atom stereocenters. The molecule has 19 heavy (non-hydrogen) atoms. The number of nitrogens with one attached hydrogen (secondary N) is 1. The normalized spacial score (nSPS) is 10.9. The van der Waals surface area contributed by atoms with Gasteiger partial charge < -0.3 is 0 Å². The lowest BCUT2D eigenvalue weighted by Crippen LogP contribution is -2.14. The number of benzene rings is 1. The fourth-order valence-corrected chi connectivity index (χ4v) is 2.47. The minimum absolute atomic E-state index is 0.245. The number of halogens is 2. The van der Waals surface area contributed by atoms with Crippen molar-refractivity contribution in [3.63, 3.8) is 0 Å². The molecular formula is C10H8Cl2N2O4S. The molecule has 9 heteroatoms. The number of rotatable bonds is 4. The molecule has 0 atom stereocenters. The Hall–Kier alpha value is -0.960. The van der Waals surface area contributed by atoms with Gasteiger partial charge in [-0.05, 0) is 19.1 Å². The third-order valence-electron chi connectivity index (χ3n) is 2.25. The van der Waals surface area contributed by atoms with E-state index < -0.39 is 0 Å². The van der Waals surface area contributed by atoms with Crippen molar-refractivity contribution in [3.8, 4) is 5.69 Å². The summed E-state index contributed by atoms with van der Waals surface area (Å²) in [5, 5.41) is 15.0. The van der Waals surface area contributed by atoms with E-state index >= 15 is 0 Å². The zero-order valence-electron chi connectivity index (χ0n) is 9.52. The summed E-state index contributed by atoms with van der Waals surface area (Å²) >= 11 is 12.8. The second kappa shape index (κ2) is 6.00. The zero-order valence-corrected chi connectivity index (χ0v) is 11.8. The SMILES string of the molecule is Cc1cc(=O)n(-c2cc(Cl)c(SOOO)cc2Cl)[nH]1. The molecule has 0 amide bonds. The van der Waals surface area contributed by atoms with E-state index in [9.17, 15) is 4.79 Å². The van der Waals surface area contributed by atoms with Gasteiger partial charge in [-0.25, -0.2) is 9.94 Å². The van der Waals surface area contributed by atoms with Gasteiger partial charge in [0.1, 0.15) is 0 Å². The highest BCUT2D eigenvalue weighted by Gasteiger charge is 2.12. The maximum atomic E-state index is 11.7. The predicted octanol–water partition coefficient (Wildman–Crippen LogP) is 3.21. The van der Waals surface area contributed by atoms with Gasteiger partial charge in [0.15, 0.2) is 0 Å². The van der Waals surface area contributed by atoms with E-state index in [0.717, 1.165) is 0 Å². The first-order valence-electron chi connectivity index (χ1n) is 4.95. The molecule has 0 aliphatic rings. The molecule has 1 heterocycles. The zero-order chi connectivity index (χ0) is 14.0. The van der Waals surface area contributed by atoms with Gasteiger partial charge in [0.05, 0.1) is 32.7 Å². The molecule has 0 saturated heterocycles. The summed E-state index contributed by atoms with van der Waals surface area (Å²) in [4.78, 5) is 12.1. The van der Waals surface area contributed by atoms with Gasteiger partial charge in [-0.1, -0.05) is 28.2 Å². The molecule has 0 aliphatic heterocycles. The number of aromatic amines is 1. The van der Waals surface area contributed by atoms with Gasteiger partial charge >= 0.3 is 0 Å². The summed E-state index contributed by atoms with van der Waals surface area (Å²) < 4.78 is 5.56. The summed E-state index contributed by atoms with van der Waals surface area (Å²) in [6.45, 7) is 1.75. The average Bonchev–Trinajstić information content (AvgIpc) is 2.69. The van der Waals surface area contributed by atoms with Crippen molar-refractivity contribution in [1.29, 1.82) is 0 Å². The first-order valence-corrected chi connectivity index (χ1v) is 6.45. The largest absolute Gasteiger partial charge is 0.295 e. The molecule has 1 aromatic carbocycles. The number of aromatic nitrogens is 2. The summed E-state index contributed by atoms with van der Waals surface area (Å²) in [5.41, 5.74) is 0.873. The Bertz CT molecular complexity index is 655. The van der Waals surface area contributed by atoms with Crippen molar-refractivity contribution in [2.45, 2.75) is 11.8 Å². The number of hydrogen-bond acceptors (Lipinski definition) is 5. The minimum atomic E-state index is -0.245. The van der Waals surface area contributed by atoms with Crippen LogP contribution in [0.3, 0.4) is 0 Å². The first-order chi connectivity index (χ1) is 9.02. The van der Waals surface area contributed by atoms with Crippen LogP contribution in [0.4, 0.5) is 0 Å². The van der Waals surface area contributed by atoms with Crippen LogP contribution in [0.15, 0.2) is 27.9 Å². The van der Waals surface area contributed by atoms with Gasteiger partial charge in [0.2, 0.25) is 0 Å². The number of hydrogen-bond donors (Lipinski definition) is 2. The lowest BCUT2D eigenvalue weighted by Gasteiger charge is -2.08. The lowest BCUT2D eigenvalue weighted by molar-refractivity contribution is -0.432. The van der Waals surface area contributed by atoms with Crippen LogP contribution in [0.2, 0.25) is 10.0 Å². The molecule has 0 aliphatic carbocycles. The Balaban J connectivity index is 2.46. The standard InChI is InChI=1S/C10H8Cl2N2O4S/c1-5-2-10(15)14(13-5)8-3-7(12)9(4-6(8)11)19-18-17-16/h2-4,13,16H,1H3. The van der Waals surface area contributed by atoms with Gasteiger partial charge in [-0.15, -0.1) is 4.33 Å². The molecule has 0 bridgehead atoms. The fourth-order valence-electron chi connectivity index (χ4n) is 1.50. The van der Waals surface area contributed by atoms with Crippen LogP contribution in [-0.2, 0) is 9.37 Å². The van der Waals surface area contributed by atoms with Crippen LogP contribution in [-0.4, -0.2) is 15.0 Å². The van der Waals surface area contributed by atoms with Gasteiger partial charge in [0, 0.05) is 11.8 Å². The maximum absolute atomic E-state index is 11.7. The van der Waals surface area contributed by atoms with E-state index in [0.29, 0.717) is 33.3 Å². The van der Waals surface area contributed by atoms with Crippen LogP contribution in [0.25, 0.3) is 5.69 Å². The highest BCUT2D eigenvalue weighted by atomic mass is 35.5. The van der Waals surface area contributed by atoms with E-state index in [2.05, 4.69) is 14.5 Å². The molecule has 2 N–H and O–H groups in total. The summed E-state index contributed by atoms with van der Waals surface area (Å²) in [6.07, 6.45) is 0. The summed E-state index contributed by atoms with van der Waals surface area (Å²) in [5.74, 6) is 0. The second-order valence-electron chi connectivity index (χ2n) is 3.57. The smallest absolute Gasteiger partial charge is 0.271 e. The number of nitrogens with zero attached hydrogens (tertiary/aromatic N) is 1. The molecule has 0 spiro atoms. The molecule has 1 aromatic heterocycles. The fraction of sp³-hybridized carbons (Fsp3) is 0.100. The van der Waals surface area contributed by atoms with Gasteiger partial charge in [-0.3, -0.25) is 9.89 Å². The molecular weight excluding hydrogens is 315 g/mol. The molecule has 0 saturated carbocycles. The van der Waals surface area contributed by atoms with Crippen molar-refractivity contribution < 1.29 is 14.6 Å². The van der Waals surface area contributed by atoms with Crippen LogP contribution < -0.4 is 5.56 Å². The quantitative estimate of drug-likeness (QED) is 0.513. The molecule has 2 rings (SSSR count). The molecule has 0 radical (unpaired) electrons. The Labute approximate surface area is 121 Å². The Morgan fingerprint density at radius 1 is 1.32 bits per heavy atom. The number of aryl methyl sites for hydroxylation is 1. The highest BCUT2D eigenvalue weighted by molar-refractivity contribution is 7.94. The van der Waals surface area contributed by atoms with E-state index in [4.69, 9.17) is 28.5 Å². The Kier molecular flexibility index (Phi) is 4.56. The monoisotopic (exact) mass is 322 g/mol. The predicted molar refractivity (Wildman–Crippen MR) is 71.8 cm³/mol. The molecule has 6 nitrogen and oxygen atoms in total. The van der Waals surface area contributed by atoms with Crippen molar-refractivity contribution in [2.24, 2.45) is 0 Å². The van der Waals surface area contributed by atoms with Crippen LogP contribution >= 0.6 is 35.2 Å². The van der Waals surface area contributed by atoms with Crippen molar-refractivity contribution in [2.75, 3.05) is 0 Å². The summed E-state index contributed by atoms with van der Waals surface area (Å²) in [7, 11) is 0. The van der Waals surface area contributed by atoms with Crippen molar-refractivity contribution in [3.05, 3.63) is 44.3 Å². The highest BCUT2D eigenvalue weighted by Crippen LogP contribution is 2.34.